The van der Waals surface area contributed by atoms with Gasteiger partial charge in [0.15, 0.2) is 0 Å². The third-order valence-corrected chi connectivity index (χ3v) is 5.61. The first kappa shape index (κ1) is 20.5. The van der Waals surface area contributed by atoms with Crippen LogP contribution in [0.1, 0.15) is 31.2 Å². The second kappa shape index (κ2) is 9.36. The van der Waals surface area contributed by atoms with Gasteiger partial charge in [-0.3, -0.25) is 9.59 Å². The number of aryl methyl sites for hydroxylation is 1. The Kier molecular flexibility index (Phi) is 6.19. The number of rotatable bonds is 5. The van der Waals surface area contributed by atoms with Crippen LogP contribution in [0.2, 0.25) is 0 Å². The predicted molar refractivity (Wildman–Crippen MR) is 123 cm³/mol. The number of aromatic nitrogens is 1. The van der Waals surface area contributed by atoms with E-state index in [9.17, 15) is 9.59 Å². The Hall–Kier alpha value is -3.77. The Morgan fingerprint density at radius 2 is 1.71 bits per heavy atom. The van der Waals surface area contributed by atoms with Crippen LogP contribution >= 0.6 is 11.3 Å². The minimum atomic E-state index is -0.333. The number of pyridine rings is 1. The molecule has 4 aromatic rings. The SMILES string of the molecule is Cc1ccc(Cn2ccccc2=NC(=O)c2ccc(NC(=O)c3cccs3)cc2)cc1. The Labute approximate surface area is 184 Å². The number of nitrogens with one attached hydrogen (secondary N) is 1. The molecule has 0 fully saturated rings. The molecular weight excluding hydrogens is 406 g/mol. The second-order valence-corrected chi connectivity index (χ2v) is 8.05. The number of hydrogen-bond donors (Lipinski definition) is 1. The number of thiophene rings is 1. The molecule has 0 aliphatic rings. The summed E-state index contributed by atoms with van der Waals surface area (Å²) in [7, 11) is 0. The molecule has 2 aromatic heterocycles. The van der Waals surface area contributed by atoms with Gasteiger partial charge in [0.05, 0.1) is 4.88 Å². The number of nitrogens with zero attached hydrogens (tertiary/aromatic N) is 2. The molecule has 2 aromatic carbocycles. The van der Waals surface area contributed by atoms with Crippen LogP contribution in [0.15, 0.2) is 95.4 Å². The van der Waals surface area contributed by atoms with Gasteiger partial charge in [0, 0.05) is 24.0 Å². The van der Waals surface area contributed by atoms with Gasteiger partial charge in [-0.15, -0.1) is 11.3 Å². The topological polar surface area (TPSA) is 63.5 Å². The third kappa shape index (κ3) is 5.24. The van der Waals surface area contributed by atoms with Crippen LogP contribution in [0.3, 0.4) is 0 Å². The largest absolute Gasteiger partial charge is 0.328 e. The van der Waals surface area contributed by atoms with Gasteiger partial charge >= 0.3 is 0 Å². The van der Waals surface area contributed by atoms with Crippen molar-refractivity contribution < 1.29 is 9.59 Å². The van der Waals surface area contributed by atoms with Crippen molar-refractivity contribution in [3.05, 3.63) is 117 Å². The van der Waals surface area contributed by atoms with E-state index in [0.717, 1.165) is 5.56 Å². The van der Waals surface area contributed by atoms with Gasteiger partial charge in [-0.1, -0.05) is 42.0 Å². The minimum absolute atomic E-state index is 0.166. The summed E-state index contributed by atoms with van der Waals surface area (Å²) in [6.07, 6.45) is 1.91. The Bertz CT molecular complexity index is 1260. The van der Waals surface area contributed by atoms with E-state index in [2.05, 4.69) is 41.5 Å². The van der Waals surface area contributed by atoms with Gasteiger partial charge in [0.1, 0.15) is 5.49 Å². The fraction of sp³-hybridized carbons (Fsp3) is 0.0800. The molecule has 0 aliphatic carbocycles. The summed E-state index contributed by atoms with van der Waals surface area (Å²) in [5.74, 6) is -0.500. The summed E-state index contributed by atoms with van der Waals surface area (Å²) in [4.78, 5) is 29.8. The molecule has 0 unspecified atom stereocenters. The number of benzene rings is 2. The van der Waals surface area contributed by atoms with E-state index in [0.29, 0.717) is 28.2 Å². The van der Waals surface area contributed by atoms with Crippen LogP contribution in [0.5, 0.6) is 0 Å². The van der Waals surface area contributed by atoms with Crippen molar-refractivity contribution in [3.63, 3.8) is 0 Å². The van der Waals surface area contributed by atoms with Crippen LogP contribution < -0.4 is 10.8 Å². The first-order chi connectivity index (χ1) is 15.1. The van der Waals surface area contributed by atoms with Gasteiger partial charge in [-0.2, -0.15) is 4.99 Å². The van der Waals surface area contributed by atoms with Crippen molar-refractivity contribution >= 4 is 28.8 Å². The summed E-state index contributed by atoms with van der Waals surface area (Å²) >= 11 is 1.38. The van der Waals surface area contributed by atoms with Crippen LogP contribution in [0, 0.1) is 6.92 Å². The first-order valence-corrected chi connectivity index (χ1v) is 10.7. The number of anilines is 1. The molecule has 6 heteroatoms. The predicted octanol–water partition coefficient (Wildman–Crippen LogP) is 4.90. The maximum atomic E-state index is 12.7. The number of hydrogen-bond acceptors (Lipinski definition) is 3. The highest BCUT2D eigenvalue weighted by Gasteiger charge is 2.09. The summed E-state index contributed by atoms with van der Waals surface area (Å²) in [6.45, 7) is 2.68. The Morgan fingerprint density at radius 1 is 0.935 bits per heavy atom. The average Bonchev–Trinajstić information content (AvgIpc) is 3.32. The van der Waals surface area contributed by atoms with Gasteiger partial charge < -0.3 is 9.88 Å². The molecule has 0 radical (unpaired) electrons. The Balaban J connectivity index is 1.51. The maximum absolute atomic E-state index is 12.7. The van der Waals surface area contributed by atoms with Crippen molar-refractivity contribution in [1.29, 1.82) is 0 Å². The van der Waals surface area contributed by atoms with Crippen molar-refractivity contribution in [2.45, 2.75) is 13.5 Å². The molecule has 0 saturated heterocycles. The molecule has 0 bridgehead atoms. The molecule has 2 heterocycles. The lowest BCUT2D eigenvalue weighted by molar-refractivity contribution is 0.0995. The van der Waals surface area contributed by atoms with Crippen LogP contribution in [-0.4, -0.2) is 16.4 Å². The number of carbonyl (C=O) groups excluding carboxylic acids is 2. The molecular formula is C25H21N3O2S. The summed E-state index contributed by atoms with van der Waals surface area (Å²) < 4.78 is 1.94. The van der Waals surface area contributed by atoms with Gasteiger partial charge in [-0.05, 0) is 60.3 Å². The van der Waals surface area contributed by atoms with Crippen LogP contribution in [0.25, 0.3) is 0 Å². The summed E-state index contributed by atoms with van der Waals surface area (Å²) in [5, 5.41) is 4.68. The smallest absolute Gasteiger partial charge is 0.278 e. The molecule has 5 nitrogen and oxygen atoms in total. The molecule has 0 saturated carbocycles. The van der Waals surface area contributed by atoms with E-state index in [1.54, 1.807) is 30.3 Å². The normalized spacial score (nSPS) is 11.3. The van der Waals surface area contributed by atoms with E-state index in [4.69, 9.17) is 0 Å². The summed E-state index contributed by atoms with van der Waals surface area (Å²) in [6, 6.07) is 24.2. The summed E-state index contributed by atoms with van der Waals surface area (Å²) in [5.41, 5.74) is 4.01. The van der Waals surface area contributed by atoms with Gasteiger partial charge in [-0.25, -0.2) is 0 Å². The van der Waals surface area contributed by atoms with E-state index in [1.165, 1.54) is 16.9 Å². The lowest BCUT2D eigenvalue weighted by Gasteiger charge is -2.08. The van der Waals surface area contributed by atoms with Crippen LogP contribution in [0.4, 0.5) is 5.69 Å². The molecule has 0 aliphatic heterocycles. The van der Waals surface area contributed by atoms with Crippen molar-refractivity contribution in [1.82, 2.24) is 4.57 Å². The quantitative estimate of drug-likeness (QED) is 0.492. The zero-order valence-corrected chi connectivity index (χ0v) is 17.8. The Morgan fingerprint density at radius 3 is 2.42 bits per heavy atom. The monoisotopic (exact) mass is 427 g/mol. The zero-order chi connectivity index (χ0) is 21.6. The highest BCUT2D eigenvalue weighted by atomic mass is 32.1. The average molecular weight is 428 g/mol. The fourth-order valence-corrected chi connectivity index (χ4v) is 3.68. The lowest BCUT2D eigenvalue weighted by Crippen LogP contribution is -2.22. The maximum Gasteiger partial charge on any atom is 0.278 e. The van der Waals surface area contributed by atoms with Crippen LogP contribution in [-0.2, 0) is 6.54 Å². The van der Waals surface area contributed by atoms with E-state index in [1.807, 2.05) is 40.4 Å². The molecule has 1 N–H and O–H groups in total. The highest BCUT2D eigenvalue weighted by molar-refractivity contribution is 7.12. The van der Waals surface area contributed by atoms with E-state index in [-0.39, 0.29) is 11.8 Å². The van der Waals surface area contributed by atoms with Crippen molar-refractivity contribution in [3.8, 4) is 0 Å². The molecule has 0 atom stereocenters. The zero-order valence-electron chi connectivity index (χ0n) is 17.0. The highest BCUT2D eigenvalue weighted by Crippen LogP contribution is 2.14. The second-order valence-electron chi connectivity index (χ2n) is 7.10. The standard InChI is InChI=1S/C25H21N3O2S/c1-18-7-9-19(10-8-18)17-28-15-3-2-6-23(28)27-24(29)20-11-13-21(14-12-20)26-25(30)22-5-4-16-31-22/h2-16H,17H2,1H3,(H,26,30). The first-order valence-electron chi connectivity index (χ1n) is 9.83. The van der Waals surface area contributed by atoms with Gasteiger partial charge in [0.2, 0.25) is 0 Å². The lowest BCUT2D eigenvalue weighted by atomic mass is 10.1. The molecule has 31 heavy (non-hydrogen) atoms. The minimum Gasteiger partial charge on any atom is -0.328 e. The molecule has 154 valence electrons. The molecule has 4 rings (SSSR count). The number of carbonyl (C=O) groups is 2. The molecule has 2 amide bonds. The van der Waals surface area contributed by atoms with Crippen molar-refractivity contribution in [2.75, 3.05) is 5.32 Å². The number of amides is 2. The van der Waals surface area contributed by atoms with Crippen molar-refractivity contribution in [2.24, 2.45) is 4.99 Å². The third-order valence-electron chi connectivity index (χ3n) is 4.74. The van der Waals surface area contributed by atoms with Gasteiger partial charge in [0.25, 0.3) is 11.8 Å². The fourth-order valence-electron chi connectivity index (χ4n) is 3.06. The molecule has 0 spiro atoms. The van der Waals surface area contributed by atoms with E-state index < -0.39 is 0 Å². The van der Waals surface area contributed by atoms with E-state index >= 15 is 0 Å².